The molecule has 3 rings (SSSR count). The fourth-order valence-corrected chi connectivity index (χ4v) is 2.42. The minimum absolute atomic E-state index is 0.195. The molecule has 1 atom stereocenters. The summed E-state index contributed by atoms with van der Waals surface area (Å²) in [6.07, 6.45) is 0. The van der Waals surface area contributed by atoms with Crippen molar-refractivity contribution >= 4 is 17.7 Å². The van der Waals surface area contributed by atoms with Gasteiger partial charge in [0.1, 0.15) is 11.7 Å². The van der Waals surface area contributed by atoms with E-state index in [9.17, 15) is 14.4 Å². The lowest BCUT2D eigenvalue weighted by Crippen LogP contribution is -2.51. The summed E-state index contributed by atoms with van der Waals surface area (Å²) in [5.74, 6) is -1.49. The van der Waals surface area contributed by atoms with Gasteiger partial charge in [0.05, 0.1) is 5.69 Å². The van der Waals surface area contributed by atoms with Crippen molar-refractivity contribution in [2.75, 3.05) is 0 Å². The number of hydrogen-bond donors (Lipinski definition) is 4. The number of hydrogen-bond acceptors (Lipinski definition) is 4. The van der Waals surface area contributed by atoms with Gasteiger partial charge in [-0.15, -0.1) is 0 Å². The van der Waals surface area contributed by atoms with E-state index in [1.165, 1.54) is 6.92 Å². The lowest BCUT2D eigenvalue weighted by atomic mass is 10.1. The summed E-state index contributed by atoms with van der Waals surface area (Å²) in [4.78, 5) is 36.3. The van der Waals surface area contributed by atoms with Gasteiger partial charge in [-0.3, -0.25) is 30.3 Å². The molecular formula is C20H19N5O3. The Hall–Kier alpha value is -3.94. The predicted octanol–water partition coefficient (Wildman–Crippen LogP) is 1.66. The average Bonchev–Trinajstić information content (AvgIpc) is 3.23. The van der Waals surface area contributed by atoms with Gasteiger partial charge in [0.2, 0.25) is 0 Å². The van der Waals surface area contributed by atoms with Crippen LogP contribution in [0, 0.1) is 0 Å². The van der Waals surface area contributed by atoms with E-state index >= 15 is 0 Å². The minimum atomic E-state index is -0.838. The number of carbonyl (C=O) groups excluding carboxylic acids is 3. The van der Waals surface area contributed by atoms with Crippen LogP contribution in [0.15, 0.2) is 66.7 Å². The number of rotatable bonds is 5. The maximum atomic E-state index is 12.2. The molecule has 0 aliphatic heterocycles. The predicted molar refractivity (Wildman–Crippen MR) is 103 cm³/mol. The van der Waals surface area contributed by atoms with Gasteiger partial charge >= 0.3 is 0 Å². The number of nitrogens with zero attached hydrogens (tertiary/aromatic N) is 1. The molecule has 0 fully saturated rings. The van der Waals surface area contributed by atoms with Crippen LogP contribution in [-0.4, -0.2) is 34.0 Å². The first-order chi connectivity index (χ1) is 13.5. The fraction of sp³-hybridized carbons (Fsp3) is 0.100. The molecule has 1 heterocycles. The molecular weight excluding hydrogens is 358 g/mol. The van der Waals surface area contributed by atoms with Crippen LogP contribution in [0.2, 0.25) is 0 Å². The van der Waals surface area contributed by atoms with Crippen molar-refractivity contribution in [2.24, 2.45) is 0 Å². The van der Waals surface area contributed by atoms with E-state index in [1.54, 1.807) is 36.4 Å². The van der Waals surface area contributed by atoms with Crippen LogP contribution >= 0.6 is 0 Å². The van der Waals surface area contributed by atoms with Crippen molar-refractivity contribution in [1.29, 1.82) is 0 Å². The molecule has 28 heavy (non-hydrogen) atoms. The second-order valence-electron chi connectivity index (χ2n) is 6.04. The highest BCUT2D eigenvalue weighted by molar-refractivity contribution is 5.98. The molecule has 0 radical (unpaired) electrons. The topological polar surface area (TPSA) is 116 Å². The summed E-state index contributed by atoms with van der Waals surface area (Å²) < 4.78 is 0. The molecule has 0 aliphatic rings. The maximum absolute atomic E-state index is 12.2. The summed E-state index contributed by atoms with van der Waals surface area (Å²) in [6, 6.07) is 18.7. The normalized spacial score (nSPS) is 11.3. The van der Waals surface area contributed by atoms with Crippen molar-refractivity contribution < 1.29 is 14.4 Å². The number of carbonyl (C=O) groups is 3. The van der Waals surface area contributed by atoms with Crippen molar-refractivity contribution in [1.82, 2.24) is 26.4 Å². The Balaban J connectivity index is 1.52. The molecule has 142 valence electrons. The number of amides is 3. The van der Waals surface area contributed by atoms with Crippen LogP contribution in [0.25, 0.3) is 11.3 Å². The molecule has 0 saturated carbocycles. The summed E-state index contributed by atoms with van der Waals surface area (Å²) in [5, 5.41) is 9.28. The van der Waals surface area contributed by atoms with E-state index in [0.717, 1.165) is 5.56 Å². The Morgan fingerprint density at radius 1 is 0.893 bits per heavy atom. The highest BCUT2D eigenvalue weighted by Crippen LogP contribution is 2.16. The minimum Gasteiger partial charge on any atom is -0.340 e. The van der Waals surface area contributed by atoms with E-state index in [2.05, 4.69) is 26.4 Å². The van der Waals surface area contributed by atoms with Crippen molar-refractivity contribution in [3.63, 3.8) is 0 Å². The first kappa shape index (κ1) is 18.8. The standard InChI is InChI=1S/C20H19N5O3/c1-13(21-19(27)15-10-6-3-7-11-15)18(26)24-25-20(28)17-12-16(22-23-17)14-8-4-2-5-9-14/h2-13H,1H3,(H,21,27)(H,22,23)(H,24,26)(H,25,28). The molecule has 0 bridgehead atoms. The number of aromatic amines is 1. The molecule has 0 saturated heterocycles. The summed E-state index contributed by atoms with van der Waals surface area (Å²) in [6.45, 7) is 1.52. The van der Waals surface area contributed by atoms with E-state index in [-0.39, 0.29) is 11.6 Å². The molecule has 1 aromatic heterocycles. The van der Waals surface area contributed by atoms with Gasteiger partial charge in [-0.05, 0) is 25.1 Å². The second kappa shape index (κ2) is 8.63. The highest BCUT2D eigenvalue weighted by Gasteiger charge is 2.18. The lowest BCUT2D eigenvalue weighted by molar-refractivity contribution is -0.123. The van der Waals surface area contributed by atoms with Crippen LogP contribution in [0.1, 0.15) is 27.8 Å². The third-order valence-corrected chi connectivity index (χ3v) is 3.97. The Kier molecular flexibility index (Phi) is 5.81. The number of aromatic nitrogens is 2. The number of benzene rings is 2. The Bertz CT molecular complexity index is 970. The molecule has 3 aromatic rings. The highest BCUT2D eigenvalue weighted by atomic mass is 16.2. The molecule has 4 N–H and O–H groups in total. The average molecular weight is 377 g/mol. The Morgan fingerprint density at radius 3 is 2.21 bits per heavy atom. The summed E-state index contributed by atoms with van der Waals surface area (Å²) in [5.41, 5.74) is 6.69. The number of nitrogens with one attached hydrogen (secondary N) is 4. The molecule has 0 spiro atoms. The summed E-state index contributed by atoms with van der Waals surface area (Å²) in [7, 11) is 0. The third-order valence-electron chi connectivity index (χ3n) is 3.97. The molecule has 0 aliphatic carbocycles. The van der Waals surface area contributed by atoms with Gasteiger partial charge in [-0.25, -0.2) is 0 Å². The monoisotopic (exact) mass is 377 g/mol. The molecule has 3 amide bonds. The van der Waals surface area contributed by atoms with Crippen LogP contribution in [0.5, 0.6) is 0 Å². The first-order valence-corrected chi connectivity index (χ1v) is 8.61. The number of hydrazine groups is 1. The quantitative estimate of drug-likeness (QED) is 0.506. The van der Waals surface area contributed by atoms with Gasteiger partial charge in [0.15, 0.2) is 0 Å². The van der Waals surface area contributed by atoms with Crippen LogP contribution in [0.3, 0.4) is 0 Å². The number of H-pyrrole nitrogens is 1. The first-order valence-electron chi connectivity index (χ1n) is 8.61. The summed E-state index contributed by atoms with van der Waals surface area (Å²) >= 11 is 0. The SMILES string of the molecule is CC(NC(=O)c1ccccc1)C(=O)NNC(=O)c1cc(-c2ccccc2)n[nH]1. The zero-order valence-electron chi connectivity index (χ0n) is 15.1. The van der Waals surface area contributed by atoms with Gasteiger partial charge in [-0.2, -0.15) is 5.10 Å². The molecule has 8 heteroatoms. The van der Waals surface area contributed by atoms with Gasteiger partial charge < -0.3 is 5.32 Å². The van der Waals surface area contributed by atoms with Crippen molar-refractivity contribution in [3.8, 4) is 11.3 Å². The zero-order valence-corrected chi connectivity index (χ0v) is 15.1. The largest absolute Gasteiger partial charge is 0.340 e. The van der Waals surface area contributed by atoms with E-state index in [4.69, 9.17) is 0 Å². The maximum Gasteiger partial charge on any atom is 0.287 e. The smallest absolute Gasteiger partial charge is 0.287 e. The van der Waals surface area contributed by atoms with Gasteiger partial charge in [-0.1, -0.05) is 48.5 Å². The Morgan fingerprint density at radius 2 is 1.54 bits per heavy atom. The zero-order chi connectivity index (χ0) is 19.9. The Labute approximate surface area is 161 Å². The van der Waals surface area contributed by atoms with Gasteiger partial charge in [0.25, 0.3) is 17.7 Å². The van der Waals surface area contributed by atoms with E-state index in [0.29, 0.717) is 11.3 Å². The van der Waals surface area contributed by atoms with Crippen LogP contribution in [0.4, 0.5) is 0 Å². The molecule has 8 nitrogen and oxygen atoms in total. The van der Waals surface area contributed by atoms with E-state index < -0.39 is 17.9 Å². The lowest BCUT2D eigenvalue weighted by Gasteiger charge is -2.14. The van der Waals surface area contributed by atoms with Crippen molar-refractivity contribution in [3.05, 3.63) is 78.0 Å². The van der Waals surface area contributed by atoms with Crippen LogP contribution in [-0.2, 0) is 4.79 Å². The van der Waals surface area contributed by atoms with Crippen molar-refractivity contribution in [2.45, 2.75) is 13.0 Å². The molecule has 1 unspecified atom stereocenters. The fourth-order valence-electron chi connectivity index (χ4n) is 2.42. The molecule has 2 aromatic carbocycles. The third kappa shape index (κ3) is 4.61. The second-order valence-corrected chi connectivity index (χ2v) is 6.04. The van der Waals surface area contributed by atoms with Crippen LogP contribution < -0.4 is 16.2 Å². The van der Waals surface area contributed by atoms with Gasteiger partial charge in [0, 0.05) is 11.1 Å². The van der Waals surface area contributed by atoms with E-state index in [1.807, 2.05) is 30.3 Å².